The fourth-order valence-electron chi connectivity index (χ4n) is 2.16. The van der Waals surface area contributed by atoms with Crippen LogP contribution in [0.1, 0.15) is 11.1 Å². The molecule has 0 saturated heterocycles. The smallest absolute Gasteiger partial charge is 0.139 e. The number of rotatable bonds is 1. The number of hydrogen-bond donors (Lipinski definition) is 0. The first kappa shape index (κ1) is 13.3. The molecule has 0 spiro atoms. The molecular weight excluding hydrogens is 255 g/mol. The summed E-state index contributed by atoms with van der Waals surface area (Å²) in [5, 5.41) is 4.19. The number of nitrogens with zero attached hydrogens (tertiary/aromatic N) is 2. The third kappa shape index (κ3) is 3.06. The van der Waals surface area contributed by atoms with Crippen molar-refractivity contribution in [3.8, 4) is 23.1 Å². The van der Waals surface area contributed by atoms with Gasteiger partial charge in [0.2, 0.25) is 0 Å². The van der Waals surface area contributed by atoms with E-state index in [0.29, 0.717) is 0 Å². The molecule has 3 aromatic rings. The summed E-state index contributed by atoms with van der Waals surface area (Å²) >= 11 is 0. The summed E-state index contributed by atoms with van der Waals surface area (Å²) in [6.45, 7) is 0. The van der Waals surface area contributed by atoms with Crippen LogP contribution < -0.4 is 5.46 Å². The molecule has 0 aliphatic heterocycles. The van der Waals surface area contributed by atoms with E-state index in [0.717, 1.165) is 22.4 Å². The molecule has 0 fully saturated rings. The molecule has 0 aliphatic carbocycles. The first-order valence-electron chi connectivity index (χ1n) is 6.89. The average Bonchev–Trinajstić information content (AvgIpc) is 2.93. The van der Waals surface area contributed by atoms with E-state index >= 15 is 0 Å². The van der Waals surface area contributed by atoms with Crippen molar-refractivity contribution >= 4 is 13.3 Å². The van der Waals surface area contributed by atoms with Crippen LogP contribution in [0.5, 0.6) is 0 Å². The van der Waals surface area contributed by atoms with Crippen LogP contribution in [0, 0.1) is 11.8 Å². The quantitative estimate of drug-likeness (QED) is 0.486. The SMILES string of the molecule is Bc1ccc(C#Cc2ccc(-c3ccnn3C)cc2)cc1. The highest BCUT2D eigenvalue weighted by Crippen LogP contribution is 2.18. The van der Waals surface area contributed by atoms with Gasteiger partial charge in [-0.15, -0.1) is 0 Å². The normalized spacial score (nSPS) is 9.95. The van der Waals surface area contributed by atoms with Crippen molar-refractivity contribution in [1.82, 2.24) is 9.78 Å². The van der Waals surface area contributed by atoms with E-state index in [1.165, 1.54) is 5.46 Å². The molecule has 0 bridgehead atoms. The number of aryl methyl sites for hydroxylation is 1. The molecule has 1 aromatic heterocycles. The highest BCUT2D eigenvalue weighted by atomic mass is 15.2. The summed E-state index contributed by atoms with van der Waals surface area (Å²) in [4.78, 5) is 0. The first-order chi connectivity index (χ1) is 10.2. The van der Waals surface area contributed by atoms with Crippen molar-refractivity contribution in [3.63, 3.8) is 0 Å². The molecule has 0 aliphatic rings. The Morgan fingerprint density at radius 3 is 1.95 bits per heavy atom. The summed E-state index contributed by atoms with van der Waals surface area (Å²) < 4.78 is 1.87. The van der Waals surface area contributed by atoms with Crippen molar-refractivity contribution in [1.29, 1.82) is 0 Å². The Bertz CT molecular complexity index is 803. The molecular formula is C18H15BN2. The van der Waals surface area contributed by atoms with Gasteiger partial charge in [-0.2, -0.15) is 5.10 Å². The molecule has 0 radical (unpaired) electrons. The molecule has 0 N–H and O–H groups in total. The fourth-order valence-corrected chi connectivity index (χ4v) is 2.16. The lowest BCUT2D eigenvalue weighted by atomic mass is 9.95. The van der Waals surface area contributed by atoms with Gasteiger partial charge in [0.05, 0.1) is 5.69 Å². The van der Waals surface area contributed by atoms with Crippen molar-refractivity contribution in [2.45, 2.75) is 0 Å². The maximum absolute atomic E-state index is 4.19. The van der Waals surface area contributed by atoms with Crippen LogP contribution in [0.2, 0.25) is 0 Å². The molecule has 2 nitrogen and oxygen atoms in total. The molecule has 3 rings (SSSR count). The molecule has 2 aromatic carbocycles. The van der Waals surface area contributed by atoms with E-state index in [1.807, 2.05) is 42.1 Å². The lowest BCUT2D eigenvalue weighted by Crippen LogP contribution is -1.99. The number of aromatic nitrogens is 2. The Balaban J connectivity index is 1.82. The second-order valence-corrected chi connectivity index (χ2v) is 5.03. The predicted octanol–water partition coefficient (Wildman–Crippen LogP) is 1.75. The second kappa shape index (κ2) is 5.72. The molecule has 0 saturated carbocycles. The Kier molecular flexibility index (Phi) is 3.62. The second-order valence-electron chi connectivity index (χ2n) is 5.03. The van der Waals surface area contributed by atoms with Crippen LogP contribution in [0.3, 0.4) is 0 Å². The van der Waals surface area contributed by atoms with Gasteiger partial charge >= 0.3 is 0 Å². The molecule has 1 heterocycles. The maximum atomic E-state index is 4.19. The molecule has 0 amide bonds. The Morgan fingerprint density at radius 1 is 0.857 bits per heavy atom. The molecule has 100 valence electrons. The minimum Gasteiger partial charge on any atom is -0.268 e. The zero-order valence-electron chi connectivity index (χ0n) is 12.2. The largest absolute Gasteiger partial charge is 0.268 e. The number of benzene rings is 2. The van der Waals surface area contributed by atoms with Gasteiger partial charge < -0.3 is 0 Å². The zero-order chi connectivity index (χ0) is 14.7. The van der Waals surface area contributed by atoms with E-state index in [4.69, 9.17) is 0 Å². The van der Waals surface area contributed by atoms with Crippen LogP contribution in [-0.4, -0.2) is 17.6 Å². The minimum atomic E-state index is 1.02. The molecule has 21 heavy (non-hydrogen) atoms. The summed E-state index contributed by atoms with van der Waals surface area (Å²) in [6, 6.07) is 18.5. The zero-order valence-corrected chi connectivity index (χ0v) is 12.2. The van der Waals surface area contributed by atoms with E-state index in [-0.39, 0.29) is 0 Å². The van der Waals surface area contributed by atoms with Crippen LogP contribution in [0.25, 0.3) is 11.3 Å². The van der Waals surface area contributed by atoms with Gasteiger partial charge in [-0.1, -0.05) is 41.6 Å². The van der Waals surface area contributed by atoms with Crippen LogP contribution in [-0.2, 0) is 7.05 Å². The van der Waals surface area contributed by atoms with Gasteiger partial charge in [-0.05, 0) is 35.9 Å². The maximum Gasteiger partial charge on any atom is 0.139 e. The monoisotopic (exact) mass is 270 g/mol. The van der Waals surface area contributed by atoms with Crippen molar-refractivity contribution < 1.29 is 0 Å². The lowest BCUT2D eigenvalue weighted by molar-refractivity contribution is 0.776. The summed E-state index contributed by atoms with van der Waals surface area (Å²) in [5.41, 5.74) is 5.56. The molecule has 0 atom stereocenters. The van der Waals surface area contributed by atoms with E-state index < -0.39 is 0 Å². The van der Waals surface area contributed by atoms with Crippen molar-refractivity contribution in [2.24, 2.45) is 7.05 Å². The molecule has 3 heteroatoms. The van der Waals surface area contributed by atoms with E-state index in [9.17, 15) is 0 Å². The van der Waals surface area contributed by atoms with Crippen LogP contribution >= 0.6 is 0 Å². The average molecular weight is 270 g/mol. The van der Waals surface area contributed by atoms with Gasteiger partial charge in [0.25, 0.3) is 0 Å². The van der Waals surface area contributed by atoms with Gasteiger partial charge in [0, 0.05) is 24.4 Å². The Morgan fingerprint density at radius 2 is 1.43 bits per heavy atom. The van der Waals surface area contributed by atoms with Gasteiger partial charge in [-0.3, -0.25) is 4.68 Å². The molecule has 0 unspecified atom stereocenters. The third-order valence-electron chi connectivity index (χ3n) is 3.40. The first-order valence-corrected chi connectivity index (χ1v) is 6.89. The van der Waals surface area contributed by atoms with E-state index in [1.54, 1.807) is 6.20 Å². The van der Waals surface area contributed by atoms with Crippen molar-refractivity contribution in [2.75, 3.05) is 0 Å². The Labute approximate surface area is 125 Å². The Hall–Kier alpha value is -2.73. The number of hydrogen-bond acceptors (Lipinski definition) is 1. The predicted molar refractivity (Wildman–Crippen MR) is 89.2 cm³/mol. The van der Waals surface area contributed by atoms with Crippen LogP contribution in [0.15, 0.2) is 60.8 Å². The van der Waals surface area contributed by atoms with Gasteiger partial charge in [0.1, 0.15) is 7.85 Å². The topological polar surface area (TPSA) is 17.8 Å². The van der Waals surface area contributed by atoms with Crippen molar-refractivity contribution in [3.05, 3.63) is 71.9 Å². The van der Waals surface area contributed by atoms with E-state index in [2.05, 4.69) is 49.1 Å². The summed E-state index contributed by atoms with van der Waals surface area (Å²) in [5.74, 6) is 6.38. The summed E-state index contributed by atoms with van der Waals surface area (Å²) in [7, 11) is 4.02. The minimum absolute atomic E-state index is 1.02. The highest BCUT2D eigenvalue weighted by molar-refractivity contribution is 6.32. The summed E-state index contributed by atoms with van der Waals surface area (Å²) in [6.07, 6.45) is 1.81. The van der Waals surface area contributed by atoms with Gasteiger partial charge in [-0.25, -0.2) is 0 Å². The fraction of sp³-hybridized carbons (Fsp3) is 0.0556. The lowest BCUT2D eigenvalue weighted by Gasteiger charge is -2.01. The standard InChI is InChI=1S/C18H15BN2/c1-21-18(12-13-20-21)16-8-4-14(5-9-16)2-3-15-6-10-17(19)11-7-15/h4-13H,19H2,1H3. The third-order valence-corrected chi connectivity index (χ3v) is 3.40. The highest BCUT2D eigenvalue weighted by Gasteiger charge is 2.01. The van der Waals surface area contributed by atoms with Gasteiger partial charge in [0.15, 0.2) is 0 Å². The van der Waals surface area contributed by atoms with Crippen LogP contribution in [0.4, 0.5) is 0 Å².